The lowest BCUT2D eigenvalue weighted by Gasteiger charge is -2.14. The van der Waals surface area contributed by atoms with E-state index in [1.54, 1.807) is 18.2 Å². The number of halogens is 1. The topological polar surface area (TPSA) is 61.7 Å². The van der Waals surface area contributed by atoms with Crippen molar-refractivity contribution in [2.24, 2.45) is 4.99 Å². The molecule has 0 saturated heterocycles. The molecule has 0 bridgehead atoms. The largest absolute Gasteiger partial charge is 0.507 e. The molecular formula is C38H57ClN2O2. The Bertz CT molecular complexity index is 1190. The second-order valence-corrected chi connectivity index (χ2v) is 10.8. The summed E-state index contributed by atoms with van der Waals surface area (Å²) in [5.41, 5.74) is 8.68. The van der Waals surface area contributed by atoms with Gasteiger partial charge in [-0.3, -0.25) is 0 Å². The molecule has 3 rings (SSSR count). The van der Waals surface area contributed by atoms with E-state index in [0.717, 1.165) is 48.2 Å². The quantitative estimate of drug-likeness (QED) is 0.239. The van der Waals surface area contributed by atoms with Crippen LogP contribution in [0.5, 0.6) is 5.75 Å². The van der Waals surface area contributed by atoms with E-state index in [-0.39, 0.29) is 5.75 Å². The Morgan fingerprint density at radius 1 is 1.00 bits per heavy atom. The fourth-order valence-corrected chi connectivity index (χ4v) is 4.80. The van der Waals surface area contributed by atoms with E-state index in [1.165, 1.54) is 61.3 Å². The third-order valence-electron chi connectivity index (χ3n) is 7.39. The van der Waals surface area contributed by atoms with Gasteiger partial charge in [0.25, 0.3) is 0 Å². The van der Waals surface area contributed by atoms with Crippen LogP contribution in [0.3, 0.4) is 0 Å². The summed E-state index contributed by atoms with van der Waals surface area (Å²) >= 11 is 6.35. The lowest BCUT2D eigenvalue weighted by atomic mass is 9.97. The first-order valence-corrected chi connectivity index (χ1v) is 16.3. The van der Waals surface area contributed by atoms with Gasteiger partial charge in [-0.1, -0.05) is 106 Å². The highest BCUT2D eigenvalue weighted by Crippen LogP contribution is 2.34. The highest BCUT2D eigenvalue weighted by Gasteiger charge is 2.14. The lowest BCUT2D eigenvalue weighted by molar-refractivity contribution is -0.106. The van der Waals surface area contributed by atoms with Crippen molar-refractivity contribution in [2.75, 3.05) is 0 Å². The smallest absolute Gasteiger partial charge is 0.124 e. The highest BCUT2D eigenvalue weighted by molar-refractivity contribution is 6.32. The minimum atomic E-state index is 0.180. The van der Waals surface area contributed by atoms with Crippen molar-refractivity contribution in [3.8, 4) is 5.75 Å². The van der Waals surface area contributed by atoms with Crippen LogP contribution in [-0.2, 0) is 4.79 Å². The van der Waals surface area contributed by atoms with Crippen LogP contribution in [0.2, 0.25) is 5.02 Å². The molecule has 1 aromatic carbocycles. The zero-order chi connectivity index (χ0) is 32.8. The second-order valence-electron chi connectivity index (χ2n) is 10.4. The molecule has 0 radical (unpaired) electrons. The summed E-state index contributed by atoms with van der Waals surface area (Å²) in [7, 11) is 0. The van der Waals surface area contributed by atoms with E-state index in [2.05, 4.69) is 65.1 Å². The van der Waals surface area contributed by atoms with Gasteiger partial charge >= 0.3 is 0 Å². The van der Waals surface area contributed by atoms with Gasteiger partial charge in [-0.2, -0.15) is 0 Å². The predicted molar refractivity (Wildman–Crippen MR) is 191 cm³/mol. The summed E-state index contributed by atoms with van der Waals surface area (Å²) in [6.45, 7) is 20.2. The van der Waals surface area contributed by atoms with Crippen LogP contribution in [0.1, 0.15) is 126 Å². The SMILES string of the molecule is C1CCCC1.CC.CC=O.C\C=C(/C=C\C(NC1=NC=C(/C=C(\C)c2c(O)cccc2Cl)C(C)=C(C)C1)=C(\C)CC)CC. The number of aromatic hydroxyl groups is 1. The van der Waals surface area contributed by atoms with Gasteiger partial charge < -0.3 is 15.2 Å². The molecule has 2 aliphatic rings. The van der Waals surface area contributed by atoms with Gasteiger partial charge in [0.2, 0.25) is 0 Å². The molecule has 0 unspecified atom stereocenters. The first-order valence-electron chi connectivity index (χ1n) is 15.9. The van der Waals surface area contributed by atoms with Gasteiger partial charge in [-0.25, -0.2) is 4.99 Å². The normalized spacial score (nSPS) is 15.9. The van der Waals surface area contributed by atoms with Crippen LogP contribution in [0.15, 0.2) is 87.3 Å². The lowest BCUT2D eigenvalue weighted by Crippen LogP contribution is -2.23. The molecule has 0 atom stereocenters. The molecule has 1 aromatic rings. The molecule has 1 fully saturated rings. The maximum atomic E-state index is 10.3. The number of aliphatic imine (C=N–C) groups is 1. The van der Waals surface area contributed by atoms with Gasteiger partial charge in [-0.05, 0) is 95.4 Å². The number of carbonyl (C=O) groups is 1. The van der Waals surface area contributed by atoms with E-state index in [1.807, 2.05) is 33.0 Å². The Hall–Kier alpha value is -3.11. The Labute approximate surface area is 268 Å². The van der Waals surface area contributed by atoms with Crippen molar-refractivity contribution in [1.29, 1.82) is 0 Å². The van der Waals surface area contributed by atoms with Crippen molar-refractivity contribution in [1.82, 2.24) is 5.32 Å². The second kappa shape index (κ2) is 23.4. The number of carbonyl (C=O) groups excluding carboxylic acids is 1. The molecule has 1 saturated carbocycles. The third kappa shape index (κ3) is 14.8. The number of phenols is 1. The van der Waals surface area contributed by atoms with Crippen molar-refractivity contribution >= 4 is 29.3 Å². The Kier molecular flexibility index (Phi) is 21.7. The standard InChI is InChI=1S/C29H37ClN2O.C5H10.C2H4O.C2H6/c1-8-19(4)26(15-14-23(9-2)10-3)32-28-17-20(5)22(7)24(18-31-28)16-21(6)29-25(30)12-11-13-27(29)33;1-2-4-5-3-1;1-2-3;1-2/h9,11-16,18,33H,8,10,17H2,1-7H3,(H,31,32);1-5H2;2H,1H3;1-2H3/b15-14-,21-16+,23-9-,26-19+;;;. The number of benzene rings is 1. The number of rotatable bonds is 7. The number of nitrogens with one attached hydrogen (secondary N) is 1. The van der Waals surface area contributed by atoms with Crippen LogP contribution >= 0.6 is 11.6 Å². The first-order chi connectivity index (χ1) is 20.6. The molecule has 0 aromatic heterocycles. The fourth-order valence-electron chi connectivity index (χ4n) is 4.48. The summed E-state index contributed by atoms with van der Waals surface area (Å²) in [4.78, 5) is 13.6. The average molecular weight is 609 g/mol. The van der Waals surface area contributed by atoms with Gasteiger partial charge in [-0.15, -0.1) is 0 Å². The van der Waals surface area contributed by atoms with Gasteiger partial charge in [0.05, 0.1) is 5.02 Å². The zero-order valence-electron chi connectivity index (χ0n) is 28.5. The molecule has 2 N–H and O–H groups in total. The zero-order valence-corrected chi connectivity index (χ0v) is 29.3. The number of amidine groups is 1. The maximum Gasteiger partial charge on any atom is 0.124 e. The van der Waals surface area contributed by atoms with Crippen LogP contribution in [-0.4, -0.2) is 17.2 Å². The first kappa shape index (κ1) is 39.9. The summed E-state index contributed by atoms with van der Waals surface area (Å²) < 4.78 is 0. The Morgan fingerprint density at radius 3 is 2.07 bits per heavy atom. The van der Waals surface area contributed by atoms with E-state index in [9.17, 15) is 5.11 Å². The van der Waals surface area contributed by atoms with E-state index in [0.29, 0.717) is 10.6 Å². The van der Waals surface area contributed by atoms with Crippen molar-refractivity contribution in [2.45, 2.75) is 121 Å². The number of allylic oxidation sites excluding steroid dienone is 9. The van der Waals surface area contributed by atoms with E-state index >= 15 is 0 Å². The predicted octanol–water partition coefficient (Wildman–Crippen LogP) is 11.8. The van der Waals surface area contributed by atoms with Crippen molar-refractivity contribution in [3.05, 3.63) is 92.9 Å². The molecule has 43 heavy (non-hydrogen) atoms. The Morgan fingerprint density at radius 2 is 1.58 bits per heavy atom. The molecule has 5 heteroatoms. The molecule has 1 aliphatic carbocycles. The third-order valence-corrected chi connectivity index (χ3v) is 7.70. The van der Waals surface area contributed by atoms with Gasteiger partial charge in [0.15, 0.2) is 0 Å². The summed E-state index contributed by atoms with van der Waals surface area (Å²) in [6.07, 6.45) is 21.4. The summed E-state index contributed by atoms with van der Waals surface area (Å²) in [5, 5.41) is 14.4. The number of hydrogen-bond acceptors (Lipinski definition) is 4. The fraction of sp³-hybridized carbons (Fsp3) is 0.474. The van der Waals surface area contributed by atoms with Crippen LogP contribution in [0.4, 0.5) is 0 Å². The molecule has 0 spiro atoms. The monoisotopic (exact) mass is 608 g/mol. The number of phenolic OH excluding ortho intramolecular Hbond substituents is 1. The van der Waals surface area contributed by atoms with E-state index < -0.39 is 0 Å². The minimum absolute atomic E-state index is 0.180. The molecule has 1 heterocycles. The highest BCUT2D eigenvalue weighted by atomic mass is 35.5. The van der Waals surface area contributed by atoms with Crippen molar-refractivity contribution < 1.29 is 9.90 Å². The molecule has 4 nitrogen and oxygen atoms in total. The number of hydrogen-bond donors (Lipinski definition) is 2. The van der Waals surface area contributed by atoms with Gasteiger partial charge in [0, 0.05) is 23.9 Å². The molecule has 0 amide bonds. The number of aldehydes is 1. The van der Waals surface area contributed by atoms with Gasteiger partial charge in [0.1, 0.15) is 17.9 Å². The van der Waals surface area contributed by atoms with E-state index in [4.69, 9.17) is 21.4 Å². The van der Waals surface area contributed by atoms with Crippen LogP contribution < -0.4 is 5.32 Å². The molecule has 1 aliphatic heterocycles. The molecule has 238 valence electrons. The summed E-state index contributed by atoms with van der Waals surface area (Å²) in [6, 6.07) is 5.19. The Balaban J connectivity index is 0.00000151. The minimum Gasteiger partial charge on any atom is -0.507 e. The average Bonchev–Trinajstić information content (AvgIpc) is 3.56. The maximum absolute atomic E-state index is 10.3. The van der Waals surface area contributed by atoms with Crippen LogP contribution in [0, 0.1) is 0 Å². The van der Waals surface area contributed by atoms with Crippen molar-refractivity contribution in [3.63, 3.8) is 0 Å². The summed E-state index contributed by atoms with van der Waals surface area (Å²) in [5.74, 6) is 1.10. The number of nitrogens with zero attached hydrogens (tertiary/aromatic N) is 1. The molecular weight excluding hydrogens is 552 g/mol. The van der Waals surface area contributed by atoms with Crippen LogP contribution in [0.25, 0.3) is 5.57 Å².